The van der Waals surface area contributed by atoms with E-state index in [1.807, 2.05) is 6.08 Å². The van der Waals surface area contributed by atoms with Crippen LogP contribution in [-0.2, 0) is 9.53 Å². The van der Waals surface area contributed by atoms with Crippen molar-refractivity contribution in [1.82, 2.24) is 0 Å². The molecule has 68 valence electrons. The summed E-state index contributed by atoms with van der Waals surface area (Å²) in [5, 5.41) is 0. The number of allylic oxidation sites excluding steroid dienone is 1. The number of rotatable bonds is 2. The van der Waals surface area contributed by atoms with E-state index in [0.29, 0.717) is 12.4 Å². The molecule has 0 aromatic rings. The molecule has 0 radical (unpaired) electrons. The number of hydrogen-bond donors (Lipinski definition) is 1. The van der Waals surface area contributed by atoms with Crippen molar-refractivity contribution in [3.63, 3.8) is 0 Å². The largest absolute Gasteiger partial charge is 0.490 e. The minimum Gasteiger partial charge on any atom is -0.490 e. The third-order valence-corrected chi connectivity index (χ3v) is 1.74. The van der Waals surface area contributed by atoms with Gasteiger partial charge in [-0.2, -0.15) is 0 Å². The maximum Gasteiger partial charge on any atom is 0.216 e. The van der Waals surface area contributed by atoms with Crippen molar-refractivity contribution in [2.75, 3.05) is 6.61 Å². The van der Waals surface area contributed by atoms with Gasteiger partial charge in [0.25, 0.3) is 0 Å². The first-order valence-electron chi connectivity index (χ1n) is 4.18. The monoisotopic (exact) mass is 169 g/mol. The highest BCUT2D eigenvalue weighted by molar-refractivity contribution is 6.00. The molecule has 1 aliphatic rings. The van der Waals surface area contributed by atoms with Gasteiger partial charge in [0.15, 0.2) is 5.76 Å². The van der Waals surface area contributed by atoms with Crippen LogP contribution < -0.4 is 5.73 Å². The number of carbonyl (C=O) groups is 1. The number of Topliss-reactive ketones (excluding diaryl/α,β-unsaturated/α-hetero) is 1. The molecule has 0 aliphatic carbocycles. The molecule has 12 heavy (non-hydrogen) atoms. The van der Waals surface area contributed by atoms with Gasteiger partial charge in [0, 0.05) is 0 Å². The zero-order valence-electron chi connectivity index (χ0n) is 7.59. The van der Waals surface area contributed by atoms with Gasteiger partial charge in [-0.25, -0.2) is 0 Å². The van der Waals surface area contributed by atoms with Gasteiger partial charge in [-0.3, -0.25) is 4.79 Å². The fourth-order valence-electron chi connectivity index (χ4n) is 1.03. The molecule has 3 nitrogen and oxygen atoms in total. The molecule has 1 aliphatic heterocycles. The van der Waals surface area contributed by atoms with Crippen molar-refractivity contribution in [3.8, 4) is 0 Å². The molecule has 0 saturated heterocycles. The highest BCUT2D eigenvalue weighted by atomic mass is 16.5. The molecule has 0 unspecified atom stereocenters. The molecular weight excluding hydrogens is 154 g/mol. The number of nitrogens with two attached hydrogens (primary N) is 1. The van der Waals surface area contributed by atoms with E-state index in [9.17, 15) is 4.79 Å². The third kappa shape index (κ3) is 2.08. The quantitative estimate of drug-likeness (QED) is 0.670. The van der Waals surface area contributed by atoms with Gasteiger partial charge in [-0.15, -0.1) is 0 Å². The Balaban J connectivity index is 2.70. The van der Waals surface area contributed by atoms with E-state index < -0.39 is 5.54 Å². The van der Waals surface area contributed by atoms with Gasteiger partial charge < -0.3 is 10.5 Å². The van der Waals surface area contributed by atoms with Crippen LogP contribution in [0.1, 0.15) is 26.7 Å². The predicted molar refractivity (Wildman–Crippen MR) is 46.5 cm³/mol. The van der Waals surface area contributed by atoms with E-state index in [0.717, 1.165) is 12.8 Å². The SMILES string of the molecule is CC(C)(N)C(=O)C1=CCCCO1. The molecule has 0 aromatic carbocycles. The summed E-state index contributed by atoms with van der Waals surface area (Å²) < 4.78 is 5.20. The lowest BCUT2D eigenvalue weighted by Crippen LogP contribution is -2.43. The highest BCUT2D eigenvalue weighted by Gasteiger charge is 2.27. The van der Waals surface area contributed by atoms with E-state index >= 15 is 0 Å². The van der Waals surface area contributed by atoms with Gasteiger partial charge in [-0.05, 0) is 32.8 Å². The summed E-state index contributed by atoms with van der Waals surface area (Å²) in [4.78, 5) is 11.5. The lowest BCUT2D eigenvalue weighted by molar-refractivity contribution is -0.123. The van der Waals surface area contributed by atoms with Crippen molar-refractivity contribution in [1.29, 1.82) is 0 Å². The van der Waals surface area contributed by atoms with Gasteiger partial charge in [0.1, 0.15) is 0 Å². The molecule has 1 rings (SSSR count). The zero-order valence-corrected chi connectivity index (χ0v) is 7.59. The first-order valence-corrected chi connectivity index (χ1v) is 4.18. The van der Waals surface area contributed by atoms with E-state index in [-0.39, 0.29) is 5.78 Å². The van der Waals surface area contributed by atoms with Crippen molar-refractivity contribution in [2.45, 2.75) is 32.2 Å². The van der Waals surface area contributed by atoms with Crippen molar-refractivity contribution in [2.24, 2.45) is 5.73 Å². The molecule has 0 amide bonds. The van der Waals surface area contributed by atoms with Crippen LogP contribution in [-0.4, -0.2) is 17.9 Å². The van der Waals surface area contributed by atoms with Crippen LogP contribution >= 0.6 is 0 Å². The summed E-state index contributed by atoms with van der Waals surface area (Å²) >= 11 is 0. The smallest absolute Gasteiger partial charge is 0.216 e. The summed E-state index contributed by atoms with van der Waals surface area (Å²) in [5.41, 5.74) is 4.82. The third-order valence-electron chi connectivity index (χ3n) is 1.74. The van der Waals surface area contributed by atoms with Crippen LogP contribution in [0, 0.1) is 0 Å². The van der Waals surface area contributed by atoms with Gasteiger partial charge in [-0.1, -0.05) is 0 Å². The second kappa shape index (κ2) is 3.27. The fourth-order valence-corrected chi connectivity index (χ4v) is 1.03. The van der Waals surface area contributed by atoms with Crippen LogP contribution in [0.25, 0.3) is 0 Å². The van der Waals surface area contributed by atoms with Crippen LogP contribution in [0.5, 0.6) is 0 Å². The first-order chi connectivity index (χ1) is 5.52. The normalized spacial score (nSPS) is 18.1. The molecule has 3 heteroatoms. The molecule has 0 aromatic heterocycles. The second-order valence-electron chi connectivity index (χ2n) is 3.61. The zero-order chi connectivity index (χ0) is 9.19. The Labute approximate surface area is 72.6 Å². The average Bonchev–Trinajstić information content (AvgIpc) is 2.03. The van der Waals surface area contributed by atoms with Gasteiger partial charge in [0.2, 0.25) is 5.78 Å². The van der Waals surface area contributed by atoms with Gasteiger partial charge >= 0.3 is 0 Å². The van der Waals surface area contributed by atoms with Crippen molar-refractivity contribution < 1.29 is 9.53 Å². The molecule has 1 heterocycles. The van der Waals surface area contributed by atoms with Crippen LogP contribution in [0.4, 0.5) is 0 Å². The molecule has 2 N–H and O–H groups in total. The Hall–Kier alpha value is -0.830. The number of hydrogen-bond acceptors (Lipinski definition) is 3. The Bertz CT molecular complexity index is 213. The molecule has 0 spiro atoms. The van der Waals surface area contributed by atoms with E-state index in [1.54, 1.807) is 13.8 Å². The Morgan fingerprint density at radius 2 is 2.33 bits per heavy atom. The Morgan fingerprint density at radius 3 is 2.75 bits per heavy atom. The lowest BCUT2D eigenvalue weighted by atomic mass is 9.98. The maximum absolute atomic E-state index is 11.5. The molecule has 0 bridgehead atoms. The molecule has 0 atom stereocenters. The summed E-state index contributed by atoms with van der Waals surface area (Å²) in [7, 11) is 0. The second-order valence-corrected chi connectivity index (χ2v) is 3.61. The minimum absolute atomic E-state index is 0.109. The summed E-state index contributed by atoms with van der Waals surface area (Å²) in [5.74, 6) is 0.330. The number of carbonyl (C=O) groups excluding carboxylic acids is 1. The minimum atomic E-state index is -0.816. The summed E-state index contributed by atoms with van der Waals surface area (Å²) in [6.45, 7) is 4.01. The van der Waals surface area contributed by atoms with E-state index in [4.69, 9.17) is 10.5 Å². The van der Waals surface area contributed by atoms with Crippen LogP contribution in [0.15, 0.2) is 11.8 Å². The number of ketones is 1. The van der Waals surface area contributed by atoms with Gasteiger partial charge in [0.05, 0.1) is 12.1 Å². The van der Waals surface area contributed by atoms with E-state index in [2.05, 4.69) is 0 Å². The molecular formula is C9H15NO2. The Morgan fingerprint density at radius 1 is 1.67 bits per heavy atom. The van der Waals surface area contributed by atoms with Crippen LogP contribution in [0.2, 0.25) is 0 Å². The first kappa shape index (κ1) is 9.26. The predicted octanol–water partition coefficient (Wildman–Crippen LogP) is 0.987. The lowest BCUT2D eigenvalue weighted by Gasteiger charge is -2.21. The number of ether oxygens (including phenoxy) is 1. The van der Waals surface area contributed by atoms with E-state index in [1.165, 1.54) is 0 Å². The van der Waals surface area contributed by atoms with Crippen molar-refractivity contribution >= 4 is 5.78 Å². The van der Waals surface area contributed by atoms with Crippen molar-refractivity contribution in [3.05, 3.63) is 11.8 Å². The molecule has 0 fully saturated rings. The molecule has 0 saturated carbocycles. The topological polar surface area (TPSA) is 52.3 Å². The maximum atomic E-state index is 11.5. The summed E-state index contributed by atoms with van der Waals surface area (Å²) in [6, 6.07) is 0. The highest BCUT2D eigenvalue weighted by Crippen LogP contribution is 2.15. The Kier molecular flexibility index (Phi) is 2.52. The van der Waals surface area contributed by atoms with Crippen LogP contribution in [0.3, 0.4) is 0 Å². The average molecular weight is 169 g/mol. The summed E-state index contributed by atoms with van der Waals surface area (Å²) in [6.07, 6.45) is 3.72. The fraction of sp³-hybridized carbons (Fsp3) is 0.667. The standard InChI is InChI=1S/C9H15NO2/c1-9(2,10)8(11)7-5-3-4-6-12-7/h5H,3-4,6,10H2,1-2H3.